The zero-order chi connectivity index (χ0) is 19.2. The lowest BCUT2D eigenvalue weighted by Gasteiger charge is -2.23. The lowest BCUT2D eigenvalue weighted by Crippen LogP contribution is -2.42. The van der Waals surface area contributed by atoms with E-state index in [9.17, 15) is 14.7 Å². The van der Waals surface area contributed by atoms with Gasteiger partial charge >= 0.3 is 0 Å². The van der Waals surface area contributed by atoms with E-state index >= 15 is 0 Å². The molecule has 5 nitrogen and oxygen atoms in total. The molecule has 0 aliphatic heterocycles. The van der Waals surface area contributed by atoms with Gasteiger partial charge in [-0.05, 0) is 42.5 Å². The predicted octanol–water partition coefficient (Wildman–Crippen LogP) is 2.71. The normalized spacial score (nSPS) is 10.9. The first-order chi connectivity index (χ1) is 13.1. The first-order valence-electron chi connectivity index (χ1n) is 9.16. The Hall–Kier alpha value is -3.08. The molecule has 0 fully saturated rings. The summed E-state index contributed by atoms with van der Waals surface area (Å²) >= 11 is 0. The number of rotatable bonds is 9. The molecule has 0 unspecified atom stereocenters. The van der Waals surface area contributed by atoms with Crippen molar-refractivity contribution >= 4 is 11.4 Å². The Labute approximate surface area is 158 Å². The Kier molecular flexibility index (Phi) is 5.91. The van der Waals surface area contributed by atoms with Crippen molar-refractivity contribution in [3.8, 4) is 5.75 Å². The van der Waals surface area contributed by atoms with Crippen LogP contribution in [-0.4, -0.2) is 25.2 Å². The summed E-state index contributed by atoms with van der Waals surface area (Å²) in [6.07, 6.45) is 2.48. The van der Waals surface area contributed by atoms with E-state index < -0.39 is 10.9 Å². The second-order valence-corrected chi connectivity index (χ2v) is 6.74. The first kappa shape index (κ1) is 18.7. The van der Waals surface area contributed by atoms with Crippen LogP contribution in [0.3, 0.4) is 0 Å². The second kappa shape index (κ2) is 8.54. The second-order valence-electron chi connectivity index (χ2n) is 6.74. The minimum atomic E-state index is -0.429. The highest BCUT2D eigenvalue weighted by Gasteiger charge is 2.23. The summed E-state index contributed by atoms with van der Waals surface area (Å²) in [6.45, 7) is 1.29. The molecule has 0 bridgehead atoms. The molecule has 5 heteroatoms. The summed E-state index contributed by atoms with van der Waals surface area (Å²) in [6, 6.07) is 17.2. The zero-order valence-electron chi connectivity index (χ0n) is 15.4. The highest BCUT2D eigenvalue weighted by molar-refractivity contribution is 5.74. The van der Waals surface area contributed by atoms with Crippen molar-refractivity contribution in [1.29, 1.82) is 0 Å². The molecule has 3 rings (SSSR count). The Bertz CT molecular complexity index is 942. The van der Waals surface area contributed by atoms with Crippen molar-refractivity contribution in [2.24, 2.45) is 0 Å². The van der Waals surface area contributed by atoms with Gasteiger partial charge in [0.25, 0.3) is 10.9 Å². The van der Waals surface area contributed by atoms with Crippen LogP contribution in [0, 0.1) is 0 Å². The molecular formula is C22H24N2O3. The Morgan fingerprint density at radius 2 is 1.56 bits per heavy atom. The summed E-state index contributed by atoms with van der Waals surface area (Å²) in [5.74, 6) is 0.254. The van der Waals surface area contributed by atoms with Gasteiger partial charge in [0.1, 0.15) is 17.1 Å². The molecule has 0 heterocycles. The number of benzene rings is 2. The molecule has 0 amide bonds. The van der Waals surface area contributed by atoms with Gasteiger partial charge in [0, 0.05) is 20.1 Å². The van der Waals surface area contributed by atoms with Gasteiger partial charge in [0.15, 0.2) is 0 Å². The lowest BCUT2D eigenvalue weighted by atomic mass is 10.1. The third kappa shape index (κ3) is 4.56. The highest BCUT2D eigenvalue weighted by Crippen LogP contribution is 2.19. The van der Waals surface area contributed by atoms with Crippen LogP contribution in [0.4, 0.5) is 11.4 Å². The summed E-state index contributed by atoms with van der Waals surface area (Å²) < 4.78 is 0. The van der Waals surface area contributed by atoms with Crippen LogP contribution >= 0.6 is 0 Å². The molecule has 0 spiro atoms. The molecule has 3 aromatic rings. The maximum atomic E-state index is 12.0. The standard InChI is InChI=1S/C22H24N2O3/c1-24(15-13-16-6-3-2-4-7-16)20-19(21(26)22(20)27)23-14-5-8-17-9-11-18(25)12-10-17/h2-4,6-7,9-12,23,25H,5,8,13-15H2,1H3. The van der Waals surface area contributed by atoms with Gasteiger partial charge in [-0.2, -0.15) is 0 Å². The zero-order valence-corrected chi connectivity index (χ0v) is 15.4. The summed E-state index contributed by atoms with van der Waals surface area (Å²) in [7, 11) is 1.85. The maximum Gasteiger partial charge on any atom is 0.253 e. The SMILES string of the molecule is CN(CCc1ccccc1)c1c(NCCCc2ccc(O)cc2)c(=O)c1=O. The molecule has 27 heavy (non-hydrogen) atoms. The Morgan fingerprint density at radius 1 is 0.889 bits per heavy atom. The fourth-order valence-corrected chi connectivity index (χ4v) is 3.13. The smallest absolute Gasteiger partial charge is 0.253 e. The summed E-state index contributed by atoms with van der Waals surface area (Å²) in [5.41, 5.74) is 2.40. The van der Waals surface area contributed by atoms with Crippen molar-refractivity contribution in [2.45, 2.75) is 19.3 Å². The van der Waals surface area contributed by atoms with Gasteiger partial charge in [-0.1, -0.05) is 42.5 Å². The largest absolute Gasteiger partial charge is 0.508 e. The van der Waals surface area contributed by atoms with Crippen LogP contribution in [0.25, 0.3) is 0 Å². The molecule has 0 saturated heterocycles. The van der Waals surface area contributed by atoms with Crippen LogP contribution in [0.15, 0.2) is 64.2 Å². The molecular weight excluding hydrogens is 340 g/mol. The van der Waals surface area contributed by atoms with Gasteiger partial charge < -0.3 is 15.3 Å². The molecule has 0 aliphatic carbocycles. The molecule has 140 valence electrons. The number of hydrogen-bond acceptors (Lipinski definition) is 5. The van der Waals surface area contributed by atoms with E-state index in [4.69, 9.17) is 0 Å². The minimum absolute atomic E-state index is 0.254. The highest BCUT2D eigenvalue weighted by atomic mass is 16.3. The summed E-state index contributed by atoms with van der Waals surface area (Å²) in [5, 5.41) is 12.4. The van der Waals surface area contributed by atoms with Crippen molar-refractivity contribution in [3.63, 3.8) is 0 Å². The number of phenols is 1. The van der Waals surface area contributed by atoms with E-state index in [1.54, 1.807) is 12.1 Å². The molecule has 0 radical (unpaired) electrons. The molecule has 2 N–H and O–H groups in total. The number of aryl methyl sites for hydroxylation is 1. The van der Waals surface area contributed by atoms with Crippen LogP contribution < -0.4 is 21.1 Å². The maximum absolute atomic E-state index is 12.0. The third-order valence-corrected chi connectivity index (χ3v) is 4.73. The van der Waals surface area contributed by atoms with E-state index in [1.807, 2.05) is 42.3 Å². The fourth-order valence-electron chi connectivity index (χ4n) is 3.13. The number of aromatic hydroxyl groups is 1. The Balaban J connectivity index is 1.52. The number of hydrogen-bond donors (Lipinski definition) is 2. The third-order valence-electron chi connectivity index (χ3n) is 4.73. The van der Waals surface area contributed by atoms with Crippen molar-refractivity contribution in [2.75, 3.05) is 30.4 Å². The monoisotopic (exact) mass is 364 g/mol. The molecule has 3 aromatic carbocycles. The van der Waals surface area contributed by atoms with Gasteiger partial charge in [-0.3, -0.25) is 9.59 Å². The van der Waals surface area contributed by atoms with Crippen LogP contribution in [0.1, 0.15) is 17.5 Å². The van der Waals surface area contributed by atoms with Crippen LogP contribution in [0.5, 0.6) is 5.75 Å². The quantitative estimate of drug-likeness (QED) is 0.451. The number of phenolic OH excluding ortho intramolecular Hbond substituents is 1. The minimum Gasteiger partial charge on any atom is -0.508 e. The molecule has 0 atom stereocenters. The predicted molar refractivity (Wildman–Crippen MR) is 110 cm³/mol. The molecule has 0 saturated carbocycles. The molecule has 0 aliphatic rings. The number of nitrogens with one attached hydrogen (secondary N) is 1. The van der Waals surface area contributed by atoms with Gasteiger partial charge in [0.05, 0.1) is 0 Å². The topological polar surface area (TPSA) is 69.6 Å². The van der Waals surface area contributed by atoms with Gasteiger partial charge in [0.2, 0.25) is 0 Å². The van der Waals surface area contributed by atoms with E-state index in [-0.39, 0.29) is 5.75 Å². The fraction of sp³-hybridized carbons (Fsp3) is 0.273. The van der Waals surface area contributed by atoms with Crippen molar-refractivity contribution in [3.05, 3.63) is 86.2 Å². The van der Waals surface area contributed by atoms with Gasteiger partial charge in [-0.15, -0.1) is 0 Å². The molecule has 0 aromatic heterocycles. The van der Waals surface area contributed by atoms with Crippen LogP contribution in [0.2, 0.25) is 0 Å². The average Bonchev–Trinajstić information content (AvgIpc) is 2.70. The lowest BCUT2D eigenvalue weighted by molar-refractivity contribution is 0.475. The number of anilines is 2. The van der Waals surface area contributed by atoms with E-state index in [0.717, 1.165) is 24.8 Å². The van der Waals surface area contributed by atoms with Crippen molar-refractivity contribution in [1.82, 2.24) is 0 Å². The van der Waals surface area contributed by atoms with E-state index in [2.05, 4.69) is 17.4 Å². The van der Waals surface area contributed by atoms with Gasteiger partial charge in [-0.25, -0.2) is 0 Å². The number of likely N-dealkylation sites (N-methyl/N-ethyl adjacent to an activating group) is 1. The van der Waals surface area contributed by atoms with E-state index in [1.165, 1.54) is 5.56 Å². The Morgan fingerprint density at radius 3 is 2.26 bits per heavy atom. The van der Waals surface area contributed by atoms with Crippen LogP contribution in [-0.2, 0) is 12.8 Å². The number of nitrogens with zero attached hydrogens (tertiary/aromatic N) is 1. The first-order valence-corrected chi connectivity index (χ1v) is 9.16. The average molecular weight is 364 g/mol. The summed E-state index contributed by atoms with van der Waals surface area (Å²) in [4.78, 5) is 25.8. The van der Waals surface area contributed by atoms with Crippen molar-refractivity contribution < 1.29 is 5.11 Å². The van der Waals surface area contributed by atoms with E-state index in [0.29, 0.717) is 24.5 Å².